The van der Waals surface area contributed by atoms with Crippen molar-refractivity contribution >= 4 is 45.3 Å². The summed E-state index contributed by atoms with van der Waals surface area (Å²) in [7, 11) is 4.59. The highest BCUT2D eigenvalue weighted by molar-refractivity contribution is 8.00. The molecular weight excluding hydrogens is 416 g/mol. The highest BCUT2D eigenvalue weighted by Crippen LogP contribution is 2.40. The van der Waals surface area contributed by atoms with E-state index in [1.165, 1.54) is 39.4 Å². The number of rotatable bonds is 7. The van der Waals surface area contributed by atoms with E-state index in [2.05, 4.69) is 26.3 Å². The fraction of sp³-hybridized carbons (Fsp3) is 0.227. The van der Waals surface area contributed by atoms with Crippen LogP contribution < -0.4 is 19.5 Å². The first-order chi connectivity index (χ1) is 15.0. The number of fused-ring (bicyclic) bond motifs is 3. The van der Waals surface area contributed by atoms with Crippen LogP contribution in [0.4, 0.5) is 5.69 Å². The molecule has 0 saturated heterocycles. The molecule has 2 aromatic carbocycles. The van der Waals surface area contributed by atoms with E-state index in [4.69, 9.17) is 14.2 Å². The van der Waals surface area contributed by atoms with Crippen LogP contribution in [0, 0.1) is 6.92 Å². The molecule has 0 fully saturated rings. The maximum Gasteiger partial charge on any atom is 0.234 e. The Labute approximate surface area is 183 Å². The number of hydrogen-bond donors (Lipinski definition) is 2. The first-order valence-electron chi connectivity index (χ1n) is 9.49. The lowest BCUT2D eigenvalue weighted by Gasteiger charge is -2.14. The Morgan fingerprint density at radius 3 is 2.48 bits per heavy atom. The molecule has 1 amide bonds. The van der Waals surface area contributed by atoms with Crippen molar-refractivity contribution in [2.45, 2.75) is 11.9 Å². The van der Waals surface area contributed by atoms with Crippen LogP contribution in [0.15, 0.2) is 41.7 Å². The summed E-state index contributed by atoms with van der Waals surface area (Å²) in [5, 5.41) is 4.63. The van der Waals surface area contributed by atoms with E-state index in [1.807, 2.05) is 19.1 Å². The van der Waals surface area contributed by atoms with Crippen molar-refractivity contribution in [3.05, 3.63) is 42.2 Å². The van der Waals surface area contributed by atoms with Crippen molar-refractivity contribution in [2.75, 3.05) is 32.4 Å². The number of benzene rings is 2. The number of hydrogen-bond acceptors (Lipinski definition) is 7. The van der Waals surface area contributed by atoms with Crippen molar-refractivity contribution < 1.29 is 19.0 Å². The van der Waals surface area contributed by atoms with Crippen LogP contribution in [0.1, 0.15) is 5.56 Å². The molecule has 160 valence electrons. The molecule has 2 N–H and O–H groups in total. The monoisotopic (exact) mass is 438 g/mol. The molecule has 4 aromatic rings. The Bertz CT molecular complexity index is 1250. The minimum absolute atomic E-state index is 0.178. The zero-order chi connectivity index (χ0) is 22.0. The third kappa shape index (κ3) is 4.09. The molecular formula is C22H22N4O4S. The highest BCUT2D eigenvalue weighted by Gasteiger charge is 2.16. The summed E-state index contributed by atoms with van der Waals surface area (Å²) < 4.78 is 16.0. The Balaban J connectivity index is 1.53. The molecule has 9 heteroatoms. The lowest BCUT2D eigenvalue weighted by atomic mass is 10.2. The molecule has 0 spiro atoms. The Morgan fingerprint density at radius 2 is 1.81 bits per heavy atom. The number of amides is 1. The van der Waals surface area contributed by atoms with E-state index >= 15 is 0 Å². The number of thioether (sulfide) groups is 1. The fourth-order valence-electron chi connectivity index (χ4n) is 3.38. The molecule has 0 radical (unpaired) electrons. The van der Waals surface area contributed by atoms with Crippen molar-refractivity contribution in [2.24, 2.45) is 0 Å². The molecule has 0 aliphatic rings. The van der Waals surface area contributed by atoms with Crippen LogP contribution in [0.5, 0.6) is 17.2 Å². The van der Waals surface area contributed by atoms with Gasteiger partial charge in [-0.1, -0.05) is 23.4 Å². The lowest BCUT2D eigenvalue weighted by molar-refractivity contribution is -0.113. The summed E-state index contributed by atoms with van der Waals surface area (Å²) in [6.45, 7) is 2.04. The summed E-state index contributed by atoms with van der Waals surface area (Å²) in [5.74, 6) is 1.40. The van der Waals surface area contributed by atoms with Gasteiger partial charge in [0.05, 0.1) is 32.6 Å². The number of carbonyl (C=O) groups is 1. The number of anilines is 1. The number of ether oxygens (including phenoxy) is 3. The molecule has 0 aliphatic heterocycles. The minimum atomic E-state index is -0.182. The number of carbonyl (C=O) groups excluding carboxylic acids is 1. The number of aryl methyl sites for hydroxylation is 1. The second-order valence-corrected chi connectivity index (χ2v) is 7.79. The smallest absolute Gasteiger partial charge is 0.234 e. The maximum absolute atomic E-state index is 12.6. The highest BCUT2D eigenvalue weighted by atomic mass is 32.2. The topological polar surface area (TPSA) is 98.4 Å². The van der Waals surface area contributed by atoms with Gasteiger partial charge in [-0.05, 0) is 19.1 Å². The lowest BCUT2D eigenvalue weighted by Crippen LogP contribution is -2.14. The summed E-state index contributed by atoms with van der Waals surface area (Å²) in [6, 6.07) is 9.53. The Kier molecular flexibility index (Phi) is 5.85. The van der Waals surface area contributed by atoms with E-state index in [-0.39, 0.29) is 11.7 Å². The van der Waals surface area contributed by atoms with Gasteiger partial charge in [0.1, 0.15) is 16.9 Å². The number of nitrogens with zero attached hydrogens (tertiary/aromatic N) is 2. The van der Waals surface area contributed by atoms with Crippen LogP contribution >= 0.6 is 11.8 Å². The third-order valence-corrected chi connectivity index (χ3v) is 5.78. The van der Waals surface area contributed by atoms with E-state index in [9.17, 15) is 4.79 Å². The fourth-order valence-corrected chi connectivity index (χ4v) is 4.13. The van der Waals surface area contributed by atoms with Gasteiger partial charge in [-0.3, -0.25) is 4.79 Å². The van der Waals surface area contributed by atoms with E-state index in [1.54, 1.807) is 12.1 Å². The van der Waals surface area contributed by atoms with Crippen molar-refractivity contribution in [1.82, 2.24) is 15.0 Å². The predicted octanol–water partition coefficient (Wildman–Crippen LogP) is 4.18. The summed E-state index contributed by atoms with van der Waals surface area (Å²) in [6.07, 6.45) is 1.53. The molecule has 8 nitrogen and oxygen atoms in total. The molecule has 0 atom stereocenters. The number of aromatic amines is 1. The largest absolute Gasteiger partial charge is 0.493 e. The van der Waals surface area contributed by atoms with Gasteiger partial charge in [0.25, 0.3) is 0 Å². The molecule has 0 unspecified atom stereocenters. The van der Waals surface area contributed by atoms with Crippen LogP contribution in [0.3, 0.4) is 0 Å². The average molecular weight is 439 g/mol. The van der Waals surface area contributed by atoms with Gasteiger partial charge < -0.3 is 24.5 Å². The van der Waals surface area contributed by atoms with Crippen LogP contribution in [-0.2, 0) is 4.79 Å². The second-order valence-electron chi connectivity index (χ2n) is 6.83. The van der Waals surface area contributed by atoms with Gasteiger partial charge in [0, 0.05) is 28.7 Å². The number of aromatic nitrogens is 3. The van der Waals surface area contributed by atoms with Crippen molar-refractivity contribution in [1.29, 1.82) is 0 Å². The molecule has 0 aliphatic carbocycles. The standard InChI is InChI=1S/C22H22N4O4S/c1-12-5-6-15-14(7-12)19-20(26-15)22(24-11-23-19)31-10-18(27)25-13-8-16(28-2)21(30-4)17(9-13)29-3/h5-9,11,26H,10H2,1-4H3,(H,25,27). The maximum atomic E-state index is 12.6. The molecule has 4 rings (SSSR count). The number of methoxy groups -OCH3 is 3. The normalized spacial score (nSPS) is 11.0. The first-order valence-corrected chi connectivity index (χ1v) is 10.5. The van der Waals surface area contributed by atoms with Gasteiger partial charge in [0.15, 0.2) is 11.5 Å². The molecule has 2 heterocycles. The van der Waals surface area contributed by atoms with Gasteiger partial charge in [-0.2, -0.15) is 0 Å². The SMILES string of the molecule is COc1cc(NC(=O)CSc2ncnc3c2[nH]c2ccc(C)cc23)cc(OC)c1OC. The molecule has 0 saturated carbocycles. The van der Waals surface area contributed by atoms with Gasteiger partial charge >= 0.3 is 0 Å². The summed E-state index contributed by atoms with van der Waals surface area (Å²) in [5.41, 5.74) is 4.37. The Hall–Kier alpha value is -3.46. The van der Waals surface area contributed by atoms with E-state index in [0.717, 1.165) is 32.5 Å². The number of H-pyrrole nitrogens is 1. The zero-order valence-electron chi connectivity index (χ0n) is 17.6. The van der Waals surface area contributed by atoms with Gasteiger partial charge in [-0.15, -0.1) is 0 Å². The van der Waals surface area contributed by atoms with Gasteiger partial charge in [-0.25, -0.2) is 9.97 Å². The van der Waals surface area contributed by atoms with Crippen molar-refractivity contribution in [3.8, 4) is 17.2 Å². The summed E-state index contributed by atoms with van der Waals surface area (Å²) in [4.78, 5) is 24.7. The average Bonchev–Trinajstić information content (AvgIpc) is 3.15. The quantitative estimate of drug-likeness (QED) is 0.330. The minimum Gasteiger partial charge on any atom is -0.493 e. The molecule has 0 bridgehead atoms. The summed E-state index contributed by atoms with van der Waals surface area (Å²) >= 11 is 1.34. The van der Waals surface area contributed by atoms with Crippen LogP contribution in [0.2, 0.25) is 0 Å². The predicted molar refractivity (Wildman–Crippen MR) is 122 cm³/mol. The zero-order valence-corrected chi connectivity index (χ0v) is 18.4. The number of nitrogens with one attached hydrogen (secondary N) is 2. The van der Waals surface area contributed by atoms with Crippen LogP contribution in [0.25, 0.3) is 21.9 Å². The van der Waals surface area contributed by atoms with E-state index in [0.29, 0.717) is 22.9 Å². The Morgan fingerprint density at radius 1 is 1.06 bits per heavy atom. The van der Waals surface area contributed by atoms with Gasteiger partial charge in [0.2, 0.25) is 11.7 Å². The van der Waals surface area contributed by atoms with Crippen LogP contribution in [-0.4, -0.2) is 47.9 Å². The first kappa shape index (κ1) is 20.8. The second kappa shape index (κ2) is 8.73. The van der Waals surface area contributed by atoms with Crippen molar-refractivity contribution in [3.63, 3.8) is 0 Å². The molecule has 31 heavy (non-hydrogen) atoms. The third-order valence-electron chi connectivity index (χ3n) is 4.79. The van der Waals surface area contributed by atoms with E-state index < -0.39 is 0 Å². The molecule has 2 aromatic heterocycles.